The molecular weight excluding hydrogens is 406 g/mol. The predicted octanol–water partition coefficient (Wildman–Crippen LogP) is 2.57. The summed E-state index contributed by atoms with van der Waals surface area (Å²) in [4.78, 5) is 21.3. The molecule has 0 radical (unpaired) electrons. The van der Waals surface area contributed by atoms with Crippen LogP contribution in [0.5, 0.6) is 5.75 Å². The molecule has 8 nitrogen and oxygen atoms in total. The Bertz CT molecular complexity index is 1000. The number of rotatable bonds is 9. The Morgan fingerprint density at radius 2 is 1.75 bits per heavy atom. The number of nitrogens with one attached hydrogen (secondary N) is 1. The summed E-state index contributed by atoms with van der Waals surface area (Å²) in [6.45, 7) is 7.45. The van der Waals surface area contributed by atoms with Crippen molar-refractivity contribution in [2.24, 2.45) is 0 Å². The minimum atomic E-state index is 0.0526. The van der Waals surface area contributed by atoms with E-state index in [-0.39, 0.29) is 5.91 Å². The van der Waals surface area contributed by atoms with Gasteiger partial charge in [0, 0.05) is 32.7 Å². The van der Waals surface area contributed by atoms with Crippen LogP contribution in [0.15, 0.2) is 59.1 Å². The molecular formula is C24H29N5O3. The van der Waals surface area contributed by atoms with Crippen LogP contribution in [0.3, 0.4) is 0 Å². The zero-order valence-corrected chi connectivity index (χ0v) is 18.4. The van der Waals surface area contributed by atoms with E-state index in [1.807, 2.05) is 61.5 Å². The van der Waals surface area contributed by atoms with E-state index in [2.05, 4.69) is 25.3 Å². The molecule has 0 atom stereocenters. The van der Waals surface area contributed by atoms with Gasteiger partial charge in [-0.3, -0.25) is 14.6 Å². The van der Waals surface area contributed by atoms with Gasteiger partial charge in [0.15, 0.2) is 0 Å². The number of amides is 1. The first-order chi connectivity index (χ1) is 15.7. The van der Waals surface area contributed by atoms with Gasteiger partial charge >= 0.3 is 0 Å². The van der Waals surface area contributed by atoms with E-state index in [0.717, 1.165) is 43.1 Å². The Labute approximate surface area is 188 Å². The zero-order valence-electron chi connectivity index (χ0n) is 18.4. The summed E-state index contributed by atoms with van der Waals surface area (Å²) in [6.07, 6.45) is 0. The number of ether oxygens (including phenoxy) is 1. The van der Waals surface area contributed by atoms with Gasteiger partial charge in [-0.2, -0.15) is 4.98 Å². The molecule has 0 unspecified atom stereocenters. The Balaban J connectivity index is 1.23. The number of carbonyl (C=O) groups excluding carboxylic acids is 1. The molecule has 168 valence electrons. The van der Waals surface area contributed by atoms with Crippen LogP contribution in [-0.2, 0) is 17.9 Å². The van der Waals surface area contributed by atoms with E-state index < -0.39 is 0 Å². The highest BCUT2D eigenvalue weighted by Gasteiger charge is 2.21. The maximum absolute atomic E-state index is 12.3. The molecule has 1 amide bonds. The van der Waals surface area contributed by atoms with Crippen molar-refractivity contribution in [2.75, 3.05) is 39.3 Å². The number of nitrogens with zero attached hydrogens (tertiary/aromatic N) is 4. The van der Waals surface area contributed by atoms with E-state index in [0.29, 0.717) is 38.0 Å². The smallest absolute Gasteiger partial charge is 0.241 e. The monoisotopic (exact) mass is 435 g/mol. The van der Waals surface area contributed by atoms with Gasteiger partial charge < -0.3 is 14.6 Å². The van der Waals surface area contributed by atoms with Crippen LogP contribution in [0.4, 0.5) is 0 Å². The van der Waals surface area contributed by atoms with Crippen LogP contribution in [0.1, 0.15) is 18.4 Å². The summed E-state index contributed by atoms with van der Waals surface area (Å²) in [6, 6.07) is 17.6. The van der Waals surface area contributed by atoms with Gasteiger partial charge in [0.2, 0.25) is 17.6 Å². The number of piperazine rings is 1. The lowest BCUT2D eigenvalue weighted by atomic mass is 10.2. The third-order valence-corrected chi connectivity index (χ3v) is 5.42. The summed E-state index contributed by atoms with van der Waals surface area (Å²) in [5.41, 5.74) is 1.93. The second-order valence-corrected chi connectivity index (χ2v) is 7.76. The first-order valence-corrected chi connectivity index (χ1v) is 11.0. The summed E-state index contributed by atoms with van der Waals surface area (Å²) in [5, 5.41) is 7.13. The van der Waals surface area contributed by atoms with E-state index in [9.17, 15) is 4.79 Å². The van der Waals surface area contributed by atoms with Crippen molar-refractivity contribution in [2.45, 2.75) is 20.0 Å². The van der Waals surface area contributed by atoms with Crippen molar-refractivity contribution < 1.29 is 14.1 Å². The molecule has 0 spiro atoms. The van der Waals surface area contributed by atoms with Gasteiger partial charge in [-0.25, -0.2) is 0 Å². The maximum atomic E-state index is 12.3. The van der Waals surface area contributed by atoms with Gasteiger partial charge in [0.25, 0.3) is 0 Å². The number of para-hydroxylation sites is 1. The van der Waals surface area contributed by atoms with E-state index in [1.165, 1.54) is 0 Å². The molecule has 1 N–H and O–H groups in total. The molecule has 4 rings (SSSR count). The first kappa shape index (κ1) is 22.0. The fraction of sp³-hybridized carbons (Fsp3) is 0.375. The topological polar surface area (TPSA) is 83.7 Å². The molecule has 1 aliphatic heterocycles. The van der Waals surface area contributed by atoms with E-state index >= 15 is 0 Å². The predicted molar refractivity (Wildman–Crippen MR) is 121 cm³/mol. The fourth-order valence-electron chi connectivity index (χ4n) is 3.71. The van der Waals surface area contributed by atoms with E-state index in [1.54, 1.807) is 0 Å². The summed E-state index contributed by atoms with van der Waals surface area (Å²) < 4.78 is 11.2. The zero-order chi connectivity index (χ0) is 22.2. The van der Waals surface area contributed by atoms with Gasteiger partial charge in [-0.05, 0) is 24.6 Å². The minimum Gasteiger partial charge on any atom is -0.493 e. The normalized spacial score (nSPS) is 14.9. The Hall–Kier alpha value is -3.23. The molecule has 0 bridgehead atoms. The number of hydrogen-bond donors (Lipinski definition) is 1. The number of carbonyl (C=O) groups is 1. The Morgan fingerprint density at radius 3 is 2.53 bits per heavy atom. The largest absolute Gasteiger partial charge is 0.493 e. The number of hydrogen-bond acceptors (Lipinski definition) is 7. The standard InChI is InChI=1S/C24H29N5O3/c1-2-31-21-11-7-6-10-20(21)24-26-23(32-27-24)18-29-14-12-28(13-15-29)17-22(30)25-16-19-8-4-3-5-9-19/h3-11H,2,12-18H2,1H3,(H,25,30). The summed E-state index contributed by atoms with van der Waals surface area (Å²) in [7, 11) is 0. The van der Waals surface area contributed by atoms with Crippen molar-refractivity contribution in [3.8, 4) is 17.1 Å². The fourth-order valence-corrected chi connectivity index (χ4v) is 3.71. The molecule has 1 aliphatic rings. The quantitative estimate of drug-likeness (QED) is 0.553. The lowest BCUT2D eigenvalue weighted by Gasteiger charge is -2.33. The van der Waals surface area contributed by atoms with Gasteiger partial charge in [0.05, 0.1) is 25.3 Å². The van der Waals surface area contributed by atoms with Gasteiger partial charge in [-0.15, -0.1) is 0 Å². The first-order valence-electron chi connectivity index (χ1n) is 11.0. The van der Waals surface area contributed by atoms with Crippen LogP contribution in [0.25, 0.3) is 11.4 Å². The maximum Gasteiger partial charge on any atom is 0.241 e. The summed E-state index contributed by atoms with van der Waals surface area (Å²) in [5.74, 6) is 1.93. The number of aromatic nitrogens is 2. The second-order valence-electron chi connectivity index (χ2n) is 7.76. The van der Waals surface area contributed by atoms with Crippen molar-refractivity contribution in [1.29, 1.82) is 0 Å². The van der Waals surface area contributed by atoms with Gasteiger partial charge in [0.1, 0.15) is 5.75 Å². The van der Waals surface area contributed by atoms with Gasteiger partial charge in [-0.1, -0.05) is 47.6 Å². The lowest BCUT2D eigenvalue weighted by Crippen LogP contribution is -2.49. The number of benzene rings is 2. The van der Waals surface area contributed by atoms with Crippen molar-refractivity contribution in [3.05, 3.63) is 66.1 Å². The van der Waals surface area contributed by atoms with Crippen LogP contribution >= 0.6 is 0 Å². The van der Waals surface area contributed by atoms with Crippen LogP contribution in [0.2, 0.25) is 0 Å². The molecule has 32 heavy (non-hydrogen) atoms. The van der Waals surface area contributed by atoms with Crippen LogP contribution < -0.4 is 10.1 Å². The third-order valence-electron chi connectivity index (χ3n) is 5.42. The average molecular weight is 436 g/mol. The molecule has 0 saturated carbocycles. The highest BCUT2D eigenvalue weighted by molar-refractivity contribution is 5.78. The molecule has 3 aromatic rings. The van der Waals surface area contributed by atoms with Crippen LogP contribution in [-0.4, -0.2) is 65.2 Å². The molecule has 1 fully saturated rings. The lowest BCUT2D eigenvalue weighted by molar-refractivity contribution is -0.122. The molecule has 2 heterocycles. The second kappa shape index (κ2) is 10.9. The highest BCUT2D eigenvalue weighted by atomic mass is 16.5. The average Bonchev–Trinajstić information content (AvgIpc) is 3.28. The molecule has 1 aromatic heterocycles. The van der Waals surface area contributed by atoms with Crippen molar-refractivity contribution in [1.82, 2.24) is 25.3 Å². The molecule has 2 aromatic carbocycles. The SMILES string of the molecule is CCOc1ccccc1-c1noc(CN2CCN(CC(=O)NCc3ccccc3)CC2)n1. The summed E-state index contributed by atoms with van der Waals surface area (Å²) >= 11 is 0. The molecule has 8 heteroatoms. The molecule has 1 saturated heterocycles. The highest BCUT2D eigenvalue weighted by Crippen LogP contribution is 2.27. The minimum absolute atomic E-state index is 0.0526. The third kappa shape index (κ3) is 5.93. The Kier molecular flexibility index (Phi) is 7.47. The van der Waals surface area contributed by atoms with E-state index in [4.69, 9.17) is 9.26 Å². The molecule has 0 aliphatic carbocycles. The Morgan fingerprint density at radius 1 is 1.03 bits per heavy atom. The van der Waals surface area contributed by atoms with Crippen molar-refractivity contribution >= 4 is 5.91 Å². The van der Waals surface area contributed by atoms with Crippen LogP contribution in [0, 0.1) is 0 Å². The van der Waals surface area contributed by atoms with Crippen molar-refractivity contribution in [3.63, 3.8) is 0 Å².